The summed E-state index contributed by atoms with van der Waals surface area (Å²) in [6, 6.07) is 11.8. The lowest BCUT2D eigenvalue weighted by Gasteiger charge is -2.37. The minimum absolute atomic E-state index is 0.0970. The molecule has 0 radical (unpaired) electrons. The van der Waals surface area contributed by atoms with Crippen LogP contribution in [-0.4, -0.2) is 72.1 Å². The number of hydrogen-bond acceptors (Lipinski definition) is 5. The molecule has 1 N–H and O–H groups in total. The molecule has 31 heavy (non-hydrogen) atoms. The van der Waals surface area contributed by atoms with Crippen molar-refractivity contribution in [1.29, 1.82) is 0 Å². The molecule has 0 bridgehead atoms. The number of alkyl halides is 3. The topological polar surface area (TPSA) is 64.1 Å². The zero-order chi connectivity index (χ0) is 22.2. The van der Waals surface area contributed by atoms with E-state index in [1.165, 1.54) is 6.07 Å². The Morgan fingerprint density at radius 1 is 0.871 bits per heavy atom. The summed E-state index contributed by atoms with van der Waals surface area (Å²) in [5, 5.41) is 10.5. The van der Waals surface area contributed by atoms with Gasteiger partial charge in [0.15, 0.2) is 0 Å². The quantitative estimate of drug-likeness (QED) is 0.735. The number of β-amino-alcohol motifs (C(OH)–C–C–N with tert-alkyl or cyclic N) is 1. The lowest BCUT2D eigenvalue weighted by Crippen LogP contribution is -2.50. The number of fused-ring (bicyclic) bond motifs is 1. The maximum absolute atomic E-state index is 12.9. The van der Waals surface area contributed by atoms with E-state index in [1.807, 2.05) is 9.80 Å². The summed E-state index contributed by atoms with van der Waals surface area (Å²) >= 11 is 0. The van der Waals surface area contributed by atoms with E-state index in [1.54, 1.807) is 30.3 Å². The van der Waals surface area contributed by atoms with Gasteiger partial charge in [-0.15, -0.1) is 0 Å². The number of aliphatic hydroxyl groups is 1. The summed E-state index contributed by atoms with van der Waals surface area (Å²) < 4.78 is 38.8. The largest absolute Gasteiger partial charge is 0.416 e. The number of halogens is 3. The molecule has 2 aliphatic rings. The Balaban J connectivity index is 1.31. The van der Waals surface area contributed by atoms with Crippen molar-refractivity contribution in [2.24, 2.45) is 0 Å². The Hall–Kier alpha value is -2.91. The van der Waals surface area contributed by atoms with Crippen LogP contribution in [0.25, 0.3) is 0 Å². The lowest BCUT2D eigenvalue weighted by molar-refractivity contribution is -0.137. The van der Waals surface area contributed by atoms with Crippen LogP contribution in [0, 0.1) is 0 Å². The molecule has 1 saturated heterocycles. The minimum Gasteiger partial charge on any atom is -0.390 e. The number of amides is 2. The van der Waals surface area contributed by atoms with Gasteiger partial charge in [-0.05, 0) is 30.3 Å². The maximum Gasteiger partial charge on any atom is 0.416 e. The third-order valence-electron chi connectivity index (χ3n) is 5.65. The van der Waals surface area contributed by atoms with Crippen LogP contribution >= 0.6 is 0 Å². The number of anilines is 1. The molecule has 2 aromatic rings. The highest BCUT2D eigenvalue weighted by molar-refractivity contribution is 6.21. The standard InChI is InChI=1S/C22H22F3N3O3/c23-22(24,25)15-4-3-5-16(12-15)27-10-8-26(9-11-27)13-17(29)14-28-20(30)18-6-1-2-7-19(18)21(28)31/h1-7,12,17,29H,8-11,13-14H2/t17-/m0/s1. The van der Waals surface area contributed by atoms with Crippen molar-refractivity contribution in [2.75, 3.05) is 44.2 Å². The minimum atomic E-state index is -4.38. The molecule has 1 atom stereocenters. The maximum atomic E-state index is 12.9. The van der Waals surface area contributed by atoms with E-state index in [0.29, 0.717) is 43.0 Å². The third-order valence-corrected chi connectivity index (χ3v) is 5.65. The first-order valence-electron chi connectivity index (χ1n) is 10.0. The van der Waals surface area contributed by atoms with Gasteiger partial charge in [0.2, 0.25) is 0 Å². The summed E-state index contributed by atoms with van der Waals surface area (Å²) in [5.41, 5.74) is 0.522. The van der Waals surface area contributed by atoms with Crippen LogP contribution in [0.2, 0.25) is 0 Å². The molecule has 2 amide bonds. The number of carbonyl (C=O) groups is 2. The first-order chi connectivity index (χ1) is 14.7. The van der Waals surface area contributed by atoms with Crippen LogP contribution in [0.5, 0.6) is 0 Å². The van der Waals surface area contributed by atoms with E-state index < -0.39 is 29.7 Å². The van der Waals surface area contributed by atoms with Crippen LogP contribution < -0.4 is 4.90 Å². The molecule has 0 aromatic heterocycles. The van der Waals surface area contributed by atoms with Crippen LogP contribution in [0.1, 0.15) is 26.3 Å². The Morgan fingerprint density at radius 2 is 1.48 bits per heavy atom. The second-order valence-electron chi connectivity index (χ2n) is 7.76. The van der Waals surface area contributed by atoms with E-state index in [9.17, 15) is 27.9 Å². The third kappa shape index (κ3) is 4.42. The van der Waals surface area contributed by atoms with Gasteiger partial charge in [0, 0.05) is 38.4 Å². The molecule has 0 unspecified atom stereocenters. The van der Waals surface area contributed by atoms with Crippen LogP contribution in [0.15, 0.2) is 48.5 Å². The fourth-order valence-corrected chi connectivity index (χ4v) is 4.04. The molecule has 0 aliphatic carbocycles. The second kappa shape index (κ2) is 8.32. The van der Waals surface area contributed by atoms with Gasteiger partial charge in [-0.2, -0.15) is 13.2 Å². The Labute approximate surface area is 177 Å². The highest BCUT2D eigenvalue weighted by atomic mass is 19.4. The Kier molecular flexibility index (Phi) is 5.72. The fraction of sp³-hybridized carbons (Fsp3) is 0.364. The van der Waals surface area contributed by atoms with Gasteiger partial charge in [0.1, 0.15) is 0 Å². The van der Waals surface area contributed by atoms with E-state index in [2.05, 4.69) is 0 Å². The van der Waals surface area contributed by atoms with Crippen molar-refractivity contribution in [3.8, 4) is 0 Å². The van der Waals surface area contributed by atoms with Gasteiger partial charge in [0.25, 0.3) is 11.8 Å². The number of imide groups is 1. The van der Waals surface area contributed by atoms with Gasteiger partial charge in [-0.3, -0.25) is 19.4 Å². The van der Waals surface area contributed by atoms with Gasteiger partial charge in [-0.1, -0.05) is 18.2 Å². The number of piperazine rings is 1. The summed E-state index contributed by atoms with van der Waals surface area (Å²) in [4.78, 5) is 29.8. The van der Waals surface area contributed by atoms with Crippen molar-refractivity contribution in [3.63, 3.8) is 0 Å². The zero-order valence-corrected chi connectivity index (χ0v) is 16.7. The smallest absolute Gasteiger partial charge is 0.390 e. The van der Waals surface area contributed by atoms with Gasteiger partial charge in [0.05, 0.1) is 29.3 Å². The van der Waals surface area contributed by atoms with Gasteiger partial charge in [-0.25, -0.2) is 0 Å². The number of benzene rings is 2. The molecule has 2 aliphatic heterocycles. The summed E-state index contributed by atoms with van der Waals surface area (Å²) in [7, 11) is 0. The predicted octanol–water partition coefficient (Wildman–Crippen LogP) is 2.48. The molecular weight excluding hydrogens is 411 g/mol. The van der Waals surface area contributed by atoms with Crippen molar-refractivity contribution < 1.29 is 27.9 Å². The highest BCUT2D eigenvalue weighted by Gasteiger charge is 2.36. The molecule has 6 nitrogen and oxygen atoms in total. The molecule has 1 fully saturated rings. The van der Waals surface area contributed by atoms with Gasteiger partial charge < -0.3 is 10.0 Å². The zero-order valence-electron chi connectivity index (χ0n) is 16.7. The number of rotatable bonds is 5. The first-order valence-corrected chi connectivity index (χ1v) is 10.0. The molecule has 9 heteroatoms. The average Bonchev–Trinajstić information content (AvgIpc) is 2.99. The van der Waals surface area contributed by atoms with Crippen molar-refractivity contribution >= 4 is 17.5 Å². The molecule has 164 valence electrons. The average molecular weight is 433 g/mol. The number of hydrogen-bond donors (Lipinski definition) is 1. The SMILES string of the molecule is O=C1c2ccccc2C(=O)N1C[C@@H](O)CN1CCN(c2cccc(C(F)(F)F)c2)CC1. The fourth-order valence-electron chi connectivity index (χ4n) is 4.04. The lowest BCUT2D eigenvalue weighted by atomic mass is 10.1. The number of carbonyl (C=O) groups excluding carboxylic acids is 2. The summed E-state index contributed by atoms with van der Waals surface area (Å²) in [5.74, 6) is -0.817. The molecular formula is C22H22F3N3O3. The van der Waals surface area contributed by atoms with E-state index >= 15 is 0 Å². The van der Waals surface area contributed by atoms with E-state index in [-0.39, 0.29) is 13.1 Å². The summed E-state index contributed by atoms with van der Waals surface area (Å²) in [6.45, 7) is 2.30. The monoisotopic (exact) mass is 433 g/mol. The molecule has 0 saturated carbocycles. The van der Waals surface area contributed by atoms with Crippen molar-refractivity contribution in [1.82, 2.24) is 9.80 Å². The van der Waals surface area contributed by atoms with Crippen molar-refractivity contribution in [2.45, 2.75) is 12.3 Å². The van der Waals surface area contributed by atoms with E-state index in [0.717, 1.165) is 17.0 Å². The Morgan fingerprint density at radius 3 is 2.06 bits per heavy atom. The molecule has 4 rings (SSSR count). The van der Waals surface area contributed by atoms with Crippen LogP contribution in [0.3, 0.4) is 0 Å². The van der Waals surface area contributed by atoms with E-state index in [4.69, 9.17) is 0 Å². The van der Waals surface area contributed by atoms with Crippen molar-refractivity contribution in [3.05, 3.63) is 65.2 Å². The number of aliphatic hydroxyl groups excluding tert-OH is 1. The molecule has 0 spiro atoms. The Bertz CT molecular complexity index is 952. The van der Waals surface area contributed by atoms with Gasteiger partial charge >= 0.3 is 6.18 Å². The second-order valence-corrected chi connectivity index (χ2v) is 7.76. The normalized spacial score (nSPS) is 18.5. The number of nitrogens with zero attached hydrogens (tertiary/aromatic N) is 3. The van der Waals surface area contributed by atoms with Crippen LogP contribution in [-0.2, 0) is 6.18 Å². The first kappa shape index (κ1) is 21.3. The highest BCUT2D eigenvalue weighted by Crippen LogP contribution is 2.32. The van der Waals surface area contributed by atoms with Crippen LogP contribution in [0.4, 0.5) is 18.9 Å². The predicted molar refractivity (Wildman–Crippen MR) is 108 cm³/mol. The molecule has 2 aromatic carbocycles. The molecule has 2 heterocycles. The summed E-state index contributed by atoms with van der Waals surface area (Å²) in [6.07, 6.45) is -5.30.